The number of nitrogens with one attached hydrogen (secondary N) is 2. The van der Waals surface area contributed by atoms with Crippen molar-refractivity contribution in [2.75, 3.05) is 17.2 Å². The Bertz CT molecular complexity index is 1050. The van der Waals surface area contributed by atoms with E-state index in [0.717, 1.165) is 21.3 Å². The van der Waals surface area contributed by atoms with Crippen LogP contribution in [0.2, 0.25) is 5.02 Å². The molecule has 0 radical (unpaired) electrons. The second-order valence-electron chi connectivity index (χ2n) is 6.18. The molecule has 8 heteroatoms. The predicted octanol–water partition coefficient (Wildman–Crippen LogP) is 4.07. The van der Waals surface area contributed by atoms with Gasteiger partial charge in [-0.25, -0.2) is 4.68 Å². The van der Waals surface area contributed by atoms with Gasteiger partial charge in [0.2, 0.25) is 5.91 Å². The number of halogens is 2. The SMILES string of the molecule is Cc1cc(Br)ccc1NC(=O)CNc1cnn(Cc2ccccc2)c(=O)c1Cl. The molecule has 0 saturated heterocycles. The van der Waals surface area contributed by atoms with Crippen molar-refractivity contribution in [2.45, 2.75) is 13.5 Å². The van der Waals surface area contributed by atoms with Gasteiger partial charge in [0.1, 0.15) is 5.02 Å². The first-order valence-corrected chi connectivity index (χ1v) is 9.70. The van der Waals surface area contributed by atoms with Gasteiger partial charge in [-0.2, -0.15) is 5.10 Å². The highest BCUT2D eigenvalue weighted by Gasteiger charge is 2.11. The summed E-state index contributed by atoms with van der Waals surface area (Å²) in [4.78, 5) is 24.6. The summed E-state index contributed by atoms with van der Waals surface area (Å²) in [5, 5.41) is 9.82. The predicted molar refractivity (Wildman–Crippen MR) is 115 cm³/mol. The molecular weight excluding hydrogens is 444 g/mol. The second-order valence-corrected chi connectivity index (χ2v) is 7.48. The first kappa shape index (κ1) is 20.1. The second kappa shape index (κ2) is 9.03. The first-order chi connectivity index (χ1) is 13.4. The summed E-state index contributed by atoms with van der Waals surface area (Å²) < 4.78 is 2.23. The first-order valence-electron chi connectivity index (χ1n) is 8.53. The molecule has 0 fully saturated rings. The largest absolute Gasteiger partial charge is 0.373 e. The van der Waals surface area contributed by atoms with Crippen molar-refractivity contribution in [1.29, 1.82) is 0 Å². The lowest BCUT2D eigenvalue weighted by Gasteiger charge is -2.12. The van der Waals surface area contributed by atoms with E-state index in [-0.39, 0.29) is 17.5 Å². The Morgan fingerprint density at radius 3 is 2.64 bits per heavy atom. The minimum Gasteiger partial charge on any atom is -0.373 e. The lowest BCUT2D eigenvalue weighted by Crippen LogP contribution is -2.27. The van der Waals surface area contributed by atoms with E-state index in [1.54, 1.807) is 0 Å². The number of hydrogen-bond donors (Lipinski definition) is 2. The maximum atomic E-state index is 12.4. The quantitative estimate of drug-likeness (QED) is 0.580. The van der Waals surface area contributed by atoms with Crippen molar-refractivity contribution in [3.05, 3.63) is 85.7 Å². The molecule has 0 aliphatic carbocycles. The normalized spacial score (nSPS) is 10.5. The number of carbonyl (C=O) groups excluding carboxylic acids is 1. The Kier molecular flexibility index (Phi) is 6.49. The third-order valence-electron chi connectivity index (χ3n) is 4.06. The molecule has 3 aromatic rings. The molecule has 6 nitrogen and oxygen atoms in total. The third kappa shape index (κ3) is 4.99. The summed E-state index contributed by atoms with van der Waals surface area (Å²) in [7, 11) is 0. The fraction of sp³-hybridized carbons (Fsp3) is 0.150. The maximum Gasteiger partial charge on any atom is 0.287 e. The molecule has 2 N–H and O–H groups in total. The molecule has 28 heavy (non-hydrogen) atoms. The van der Waals surface area contributed by atoms with Crippen molar-refractivity contribution in [2.24, 2.45) is 0 Å². The fourth-order valence-corrected chi connectivity index (χ4v) is 3.28. The number of rotatable bonds is 6. The van der Waals surface area contributed by atoms with E-state index >= 15 is 0 Å². The minimum atomic E-state index is -0.417. The van der Waals surface area contributed by atoms with Gasteiger partial charge in [-0.3, -0.25) is 9.59 Å². The number of benzene rings is 2. The van der Waals surface area contributed by atoms with Gasteiger partial charge in [-0.15, -0.1) is 0 Å². The van der Waals surface area contributed by atoms with Crippen molar-refractivity contribution in [1.82, 2.24) is 9.78 Å². The Balaban J connectivity index is 1.65. The number of aryl methyl sites for hydroxylation is 1. The van der Waals surface area contributed by atoms with E-state index in [0.29, 0.717) is 12.2 Å². The van der Waals surface area contributed by atoms with Gasteiger partial charge < -0.3 is 10.6 Å². The van der Waals surface area contributed by atoms with Crippen LogP contribution in [0.4, 0.5) is 11.4 Å². The summed E-state index contributed by atoms with van der Waals surface area (Å²) in [5.41, 5.74) is 2.50. The summed E-state index contributed by atoms with van der Waals surface area (Å²) in [6.45, 7) is 2.18. The molecule has 144 valence electrons. The van der Waals surface area contributed by atoms with Crippen LogP contribution in [-0.4, -0.2) is 22.2 Å². The molecule has 3 rings (SSSR count). The highest BCUT2D eigenvalue weighted by atomic mass is 79.9. The van der Waals surface area contributed by atoms with Crippen LogP contribution in [0.5, 0.6) is 0 Å². The number of hydrogen-bond acceptors (Lipinski definition) is 4. The molecule has 0 aliphatic rings. The topological polar surface area (TPSA) is 76.0 Å². The molecule has 1 amide bonds. The third-order valence-corrected chi connectivity index (χ3v) is 4.92. The Morgan fingerprint density at radius 1 is 1.18 bits per heavy atom. The monoisotopic (exact) mass is 460 g/mol. The molecule has 1 aromatic heterocycles. The van der Waals surface area contributed by atoms with Crippen LogP contribution in [0.25, 0.3) is 0 Å². The van der Waals surface area contributed by atoms with Crippen LogP contribution in [0, 0.1) is 6.92 Å². The average Bonchev–Trinajstić information content (AvgIpc) is 2.68. The number of nitrogens with zero attached hydrogens (tertiary/aromatic N) is 2. The standard InChI is InChI=1S/C20H18BrClN4O2/c1-13-9-15(21)7-8-16(13)25-18(27)11-23-17-10-24-26(20(28)19(17)22)12-14-5-3-2-4-6-14/h2-10,23H,11-12H2,1H3,(H,25,27). The summed E-state index contributed by atoms with van der Waals surface area (Å²) in [6, 6.07) is 15.1. The van der Waals surface area contributed by atoms with Gasteiger partial charge in [0.25, 0.3) is 5.56 Å². The number of amides is 1. The fourth-order valence-electron chi connectivity index (χ4n) is 2.59. The molecule has 0 unspecified atom stereocenters. The van der Waals surface area contributed by atoms with Crippen LogP contribution in [0.3, 0.4) is 0 Å². The van der Waals surface area contributed by atoms with Crippen LogP contribution in [-0.2, 0) is 11.3 Å². The van der Waals surface area contributed by atoms with Crippen molar-refractivity contribution in [3.63, 3.8) is 0 Å². The van der Waals surface area contributed by atoms with Gasteiger partial charge in [0, 0.05) is 10.2 Å². The van der Waals surface area contributed by atoms with Gasteiger partial charge in [0.05, 0.1) is 25.0 Å². The Morgan fingerprint density at radius 2 is 1.93 bits per heavy atom. The summed E-state index contributed by atoms with van der Waals surface area (Å²) in [5.74, 6) is -0.255. The molecule has 0 spiro atoms. The zero-order valence-electron chi connectivity index (χ0n) is 15.1. The van der Waals surface area contributed by atoms with Crippen molar-refractivity contribution in [3.8, 4) is 0 Å². The van der Waals surface area contributed by atoms with E-state index in [2.05, 4.69) is 31.7 Å². The van der Waals surface area contributed by atoms with Crippen LogP contribution in [0.15, 0.2) is 64.0 Å². The summed E-state index contributed by atoms with van der Waals surface area (Å²) >= 11 is 9.56. The summed E-state index contributed by atoms with van der Waals surface area (Å²) in [6.07, 6.45) is 1.45. The average molecular weight is 462 g/mol. The number of carbonyl (C=O) groups is 1. The zero-order chi connectivity index (χ0) is 20.1. The lowest BCUT2D eigenvalue weighted by molar-refractivity contribution is -0.114. The van der Waals surface area contributed by atoms with E-state index in [9.17, 15) is 9.59 Å². The van der Waals surface area contributed by atoms with Crippen LogP contribution < -0.4 is 16.2 Å². The lowest BCUT2D eigenvalue weighted by atomic mass is 10.2. The van der Waals surface area contributed by atoms with E-state index < -0.39 is 5.56 Å². The molecule has 0 atom stereocenters. The molecule has 1 heterocycles. The smallest absolute Gasteiger partial charge is 0.287 e. The van der Waals surface area contributed by atoms with Gasteiger partial charge in [0.15, 0.2) is 0 Å². The van der Waals surface area contributed by atoms with Crippen molar-refractivity contribution >= 4 is 44.8 Å². The van der Waals surface area contributed by atoms with E-state index in [1.807, 2.05) is 55.5 Å². The molecule has 0 aliphatic heterocycles. The Labute approximate surface area is 175 Å². The van der Waals surface area contributed by atoms with Crippen molar-refractivity contribution < 1.29 is 4.79 Å². The van der Waals surface area contributed by atoms with Crippen LogP contribution in [0.1, 0.15) is 11.1 Å². The maximum absolute atomic E-state index is 12.4. The molecular formula is C20H18BrClN4O2. The van der Waals surface area contributed by atoms with Gasteiger partial charge in [-0.1, -0.05) is 57.9 Å². The molecule has 2 aromatic carbocycles. The number of anilines is 2. The van der Waals surface area contributed by atoms with Gasteiger partial charge in [-0.05, 0) is 36.2 Å². The Hall–Kier alpha value is -2.64. The number of aromatic nitrogens is 2. The van der Waals surface area contributed by atoms with E-state index in [4.69, 9.17) is 11.6 Å². The van der Waals surface area contributed by atoms with E-state index in [1.165, 1.54) is 10.9 Å². The van der Waals surface area contributed by atoms with Crippen LogP contribution >= 0.6 is 27.5 Å². The highest BCUT2D eigenvalue weighted by molar-refractivity contribution is 9.10. The van der Waals surface area contributed by atoms with Gasteiger partial charge >= 0.3 is 0 Å². The molecule has 0 saturated carbocycles. The molecule has 0 bridgehead atoms. The highest BCUT2D eigenvalue weighted by Crippen LogP contribution is 2.20. The minimum absolute atomic E-state index is 0.00134. The zero-order valence-corrected chi connectivity index (χ0v) is 17.4.